The van der Waals surface area contributed by atoms with Crippen molar-refractivity contribution in [1.82, 2.24) is 10.3 Å². The van der Waals surface area contributed by atoms with Crippen LogP contribution in [0, 0.1) is 0 Å². The third-order valence-corrected chi connectivity index (χ3v) is 6.00. The van der Waals surface area contributed by atoms with Crippen LogP contribution in [0.15, 0.2) is 48.7 Å². The van der Waals surface area contributed by atoms with Crippen molar-refractivity contribution in [2.75, 3.05) is 17.7 Å². The number of aromatic nitrogens is 1. The predicted molar refractivity (Wildman–Crippen MR) is 127 cm³/mol. The molecule has 9 nitrogen and oxygen atoms in total. The number of hydrogen-bond donors (Lipinski definition) is 4. The molecule has 3 rings (SSSR count). The Kier molecular flexibility index (Phi) is 6.98. The standard InChI is InChI=1S/C23H24N4O5S/c1-23(2,3)18-12-16(19(33-18)21(29)30)27-22(31)26-13-5-7-14(8-6-13)32-15-9-10-25-17(11-15)20(28)24-4/h5-12H,1-4H3,(H,24,28)(H,29,30)(H2,26,27,31). The molecule has 0 bridgehead atoms. The molecule has 10 heteroatoms. The molecule has 4 N–H and O–H groups in total. The van der Waals surface area contributed by atoms with Gasteiger partial charge in [-0.15, -0.1) is 11.3 Å². The largest absolute Gasteiger partial charge is 0.477 e. The Bertz CT molecular complexity index is 1180. The van der Waals surface area contributed by atoms with Crippen molar-refractivity contribution in [1.29, 1.82) is 0 Å². The van der Waals surface area contributed by atoms with Gasteiger partial charge in [0.25, 0.3) is 5.91 Å². The number of carboxylic acids is 1. The van der Waals surface area contributed by atoms with Gasteiger partial charge in [-0.2, -0.15) is 0 Å². The average Bonchev–Trinajstić information content (AvgIpc) is 3.19. The molecule has 0 spiro atoms. The first-order chi connectivity index (χ1) is 15.6. The highest BCUT2D eigenvalue weighted by Crippen LogP contribution is 2.35. The van der Waals surface area contributed by atoms with Gasteiger partial charge in [0.15, 0.2) is 0 Å². The summed E-state index contributed by atoms with van der Waals surface area (Å²) in [7, 11) is 1.52. The number of aromatic carboxylic acids is 1. The number of ether oxygens (including phenoxy) is 1. The molecule has 0 radical (unpaired) electrons. The van der Waals surface area contributed by atoms with Crippen molar-refractivity contribution in [3.8, 4) is 11.5 Å². The molecule has 2 heterocycles. The number of rotatable bonds is 6. The second-order valence-corrected chi connectivity index (χ2v) is 9.12. The summed E-state index contributed by atoms with van der Waals surface area (Å²) in [5.74, 6) is -0.480. The van der Waals surface area contributed by atoms with E-state index < -0.39 is 12.0 Å². The van der Waals surface area contributed by atoms with E-state index in [2.05, 4.69) is 20.9 Å². The zero-order valence-corrected chi connectivity index (χ0v) is 19.4. The monoisotopic (exact) mass is 468 g/mol. The summed E-state index contributed by atoms with van der Waals surface area (Å²) < 4.78 is 5.73. The summed E-state index contributed by atoms with van der Waals surface area (Å²) in [6.07, 6.45) is 1.47. The molecular weight excluding hydrogens is 444 g/mol. The SMILES string of the molecule is CNC(=O)c1cc(Oc2ccc(NC(=O)Nc3cc(C(C)(C)C)sc3C(=O)O)cc2)ccn1. The number of pyridine rings is 1. The van der Waals surface area contributed by atoms with Crippen LogP contribution >= 0.6 is 11.3 Å². The fraction of sp³-hybridized carbons (Fsp3) is 0.217. The third-order valence-electron chi connectivity index (χ3n) is 4.45. The molecule has 0 atom stereocenters. The van der Waals surface area contributed by atoms with Gasteiger partial charge in [0, 0.05) is 29.9 Å². The van der Waals surface area contributed by atoms with Crippen molar-refractivity contribution in [3.63, 3.8) is 0 Å². The van der Waals surface area contributed by atoms with E-state index in [1.807, 2.05) is 20.8 Å². The zero-order chi connectivity index (χ0) is 24.2. The van der Waals surface area contributed by atoms with Gasteiger partial charge in [0.05, 0.1) is 5.69 Å². The van der Waals surface area contributed by atoms with E-state index in [4.69, 9.17) is 4.74 Å². The average molecular weight is 469 g/mol. The number of thiophene rings is 1. The van der Waals surface area contributed by atoms with Crippen molar-refractivity contribution < 1.29 is 24.2 Å². The zero-order valence-electron chi connectivity index (χ0n) is 18.6. The van der Waals surface area contributed by atoms with Gasteiger partial charge in [0.1, 0.15) is 22.1 Å². The van der Waals surface area contributed by atoms with Crippen molar-refractivity contribution >= 4 is 40.6 Å². The lowest BCUT2D eigenvalue weighted by Crippen LogP contribution is -2.20. The topological polar surface area (TPSA) is 130 Å². The summed E-state index contributed by atoms with van der Waals surface area (Å²) in [4.78, 5) is 40.6. The number of urea groups is 1. The number of nitrogens with one attached hydrogen (secondary N) is 3. The van der Waals surface area contributed by atoms with Gasteiger partial charge in [0.2, 0.25) is 0 Å². The third kappa shape index (κ3) is 6.07. The lowest BCUT2D eigenvalue weighted by atomic mass is 9.94. The Hall–Kier alpha value is -3.92. The van der Waals surface area contributed by atoms with Crippen LogP contribution in [0.3, 0.4) is 0 Å². The van der Waals surface area contributed by atoms with E-state index in [0.717, 1.165) is 16.2 Å². The van der Waals surface area contributed by atoms with Gasteiger partial charge in [-0.25, -0.2) is 9.59 Å². The minimum Gasteiger partial charge on any atom is -0.477 e. The van der Waals surface area contributed by atoms with Gasteiger partial charge >= 0.3 is 12.0 Å². The maximum atomic E-state index is 12.4. The number of carbonyl (C=O) groups is 3. The Labute approximate surface area is 194 Å². The second kappa shape index (κ2) is 9.70. The first-order valence-corrected chi connectivity index (χ1v) is 10.8. The molecule has 3 aromatic rings. The highest BCUT2D eigenvalue weighted by atomic mass is 32.1. The van der Waals surface area contributed by atoms with Gasteiger partial charge in [-0.1, -0.05) is 20.8 Å². The Morgan fingerprint density at radius 1 is 1.00 bits per heavy atom. The van der Waals surface area contributed by atoms with Crippen molar-refractivity contribution in [2.45, 2.75) is 26.2 Å². The summed E-state index contributed by atoms with van der Waals surface area (Å²) in [6, 6.07) is 10.9. The number of anilines is 2. The maximum absolute atomic E-state index is 12.4. The van der Waals surface area contributed by atoms with E-state index in [0.29, 0.717) is 17.2 Å². The fourth-order valence-electron chi connectivity index (χ4n) is 2.77. The molecule has 33 heavy (non-hydrogen) atoms. The Morgan fingerprint density at radius 3 is 2.30 bits per heavy atom. The number of carbonyl (C=O) groups excluding carboxylic acids is 2. The lowest BCUT2D eigenvalue weighted by molar-refractivity contribution is 0.0703. The molecule has 3 amide bonds. The molecular formula is C23H24N4O5S. The van der Waals surface area contributed by atoms with E-state index in [1.165, 1.54) is 19.3 Å². The Balaban J connectivity index is 1.66. The Morgan fingerprint density at radius 2 is 1.70 bits per heavy atom. The van der Waals surface area contributed by atoms with Gasteiger partial charge < -0.3 is 25.8 Å². The van der Waals surface area contributed by atoms with Crippen LogP contribution in [0.4, 0.5) is 16.2 Å². The first kappa shape index (κ1) is 23.7. The van der Waals surface area contributed by atoms with Crippen LogP contribution in [0.25, 0.3) is 0 Å². The molecule has 172 valence electrons. The molecule has 0 fully saturated rings. The minimum absolute atomic E-state index is 0.0762. The van der Waals surface area contributed by atoms with E-state index in [1.54, 1.807) is 36.4 Å². The molecule has 1 aromatic carbocycles. The first-order valence-electron chi connectivity index (χ1n) is 9.98. The van der Waals surface area contributed by atoms with E-state index in [9.17, 15) is 19.5 Å². The predicted octanol–water partition coefficient (Wildman–Crippen LogP) is 4.93. The number of amides is 3. The van der Waals surface area contributed by atoms with Crippen LogP contribution in [0.1, 0.15) is 45.8 Å². The molecule has 2 aromatic heterocycles. The number of hydrogen-bond acceptors (Lipinski definition) is 6. The number of nitrogens with zero attached hydrogens (tertiary/aromatic N) is 1. The highest BCUT2D eigenvalue weighted by Gasteiger charge is 2.23. The maximum Gasteiger partial charge on any atom is 0.348 e. The van der Waals surface area contributed by atoms with Crippen LogP contribution in [-0.2, 0) is 5.41 Å². The molecule has 0 unspecified atom stereocenters. The fourth-order valence-corrected chi connectivity index (χ4v) is 3.78. The molecule has 0 aliphatic carbocycles. The molecule has 0 aliphatic rings. The molecule has 0 saturated heterocycles. The second-order valence-electron chi connectivity index (χ2n) is 8.07. The van der Waals surface area contributed by atoms with Crippen LogP contribution in [-0.4, -0.2) is 35.0 Å². The van der Waals surface area contributed by atoms with Crippen LogP contribution < -0.4 is 20.7 Å². The minimum atomic E-state index is -1.09. The van der Waals surface area contributed by atoms with Gasteiger partial charge in [-0.05, 0) is 41.8 Å². The summed E-state index contributed by atoms with van der Waals surface area (Å²) in [5, 5.41) is 17.2. The highest BCUT2D eigenvalue weighted by molar-refractivity contribution is 7.14. The molecule has 0 aliphatic heterocycles. The summed E-state index contributed by atoms with van der Waals surface area (Å²) >= 11 is 1.14. The normalized spacial score (nSPS) is 10.9. The van der Waals surface area contributed by atoms with Crippen LogP contribution in [0.2, 0.25) is 0 Å². The summed E-state index contributed by atoms with van der Waals surface area (Å²) in [6.45, 7) is 5.93. The number of carboxylic acid groups (broad SMARTS) is 1. The molecule has 0 saturated carbocycles. The number of benzene rings is 1. The van der Waals surface area contributed by atoms with E-state index >= 15 is 0 Å². The summed E-state index contributed by atoms with van der Waals surface area (Å²) in [5.41, 5.74) is 0.730. The van der Waals surface area contributed by atoms with E-state index in [-0.39, 0.29) is 27.6 Å². The lowest BCUT2D eigenvalue weighted by Gasteiger charge is -2.15. The van der Waals surface area contributed by atoms with Crippen molar-refractivity contribution in [3.05, 3.63) is 64.1 Å². The van der Waals surface area contributed by atoms with Crippen LogP contribution in [0.5, 0.6) is 11.5 Å². The van der Waals surface area contributed by atoms with Crippen molar-refractivity contribution in [2.24, 2.45) is 0 Å². The smallest absolute Gasteiger partial charge is 0.348 e. The quantitative estimate of drug-likeness (QED) is 0.406. The van der Waals surface area contributed by atoms with Gasteiger partial charge in [-0.3, -0.25) is 9.78 Å².